The molecular formula is C17H28O. The van der Waals surface area contributed by atoms with E-state index < -0.39 is 0 Å². The van der Waals surface area contributed by atoms with E-state index in [1.54, 1.807) is 5.57 Å². The van der Waals surface area contributed by atoms with Crippen LogP contribution in [0.2, 0.25) is 0 Å². The molecule has 0 aromatic carbocycles. The van der Waals surface area contributed by atoms with Gasteiger partial charge in [-0.05, 0) is 62.7 Å². The van der Waals surface area contributed by atoms with E-state index in [1.165, 1.54) is 57.8 Å². The fraction of sp³-hybridized carbons (Fsp3) is 0.882. The Bertz CT molecular complexity index is 309. The van der Waals surface area contributed by atoms with E-state index in [1.807, 2.05) is 0 Å². The summed E-state index contributed by atoms with van der Waals surface area (Å²) in [6.45, 7) is 6.80. The van der Waals surface area contributed by atoms with Crippen LogP contribution in [-0.4, -0.2) is 12.2 Å². The van der Waals surface area contributed by atoms with Crippen molar-refractivity contribution in [2.24, 2.45) is 17.8 Å². The molecule has 18 heavy (non-hydrogen) atoms. The van der Waals surface area contributed by atoms with Crippen molar-refractivity contribution in [1.29, 1.82) is 0 Å². The van der Waals surface area contributed by atoms with E-state index in [-0.39, 0.29) is 0 Å². The number of ether oxygens (including phenoxy) is 1. The van der Waals surface area contributed by atoms with Crippen molar-refractivity contribution in [1.82, 2.24) is 0 Å². The zero-order chi connectivity index (χ0) is 12.5. The lowest BCUT2D eigenvalue weighted by molar-refractivity contribution is 0.301. The van der Waals surface area contributed by atoms with Crippen LogP contribution in [0.15, 0.2) is 12.2 Å². The van der Waals surface area contributed by atoms with Crippen molar-refractivity contribution in [3.8, 4) is 0 Å². The quantitative estimate of drug-likeness (QED) is 0.518. The topological polar surface area (TPSA) is 12.5 Å². The van der Waals surface area contributed by atoms with Gasteiger partial charge in [0.05, 0.1) is 12.2 Å². The first-order chi connectivity index (χ1) is 8.72. The summed E-state index contributed by atoms with van der Waals surface area (Å²) in [5.74, 6) is 2.68. The molecular weight excluding hydrogens is 220 g/mol. The highest BCUT2D eigenvalue weighted by atomic mass is 16.6. The number of hydrogen-bond acceptors (Lipinski definition) is 1. The van der Waals surface area contributed by atoms with Crippen LogP contribution in [0.5, 0.6) is 0 Å². The Morgan fingerprint density at radius 1 is 1.11 bits per heavy atom. The van der Waals surface area contributed by atoms with E-state index in [2.05, 4.69) is 13.5 Å². The molecule has 1 saturated heterocycles. The lowest BCUT2D eigenvalue weighted by Gasteiger charge is -2.29. The van der Waals surface area contributed by atoms with Crippen LogP contribution in [0, 0.1) is 17.8 Å². The minimum absolute atomic E-state index is 0.645. The van der Waals surface area contributed by atoms with E-state index in [9.17, 15) is 0 Å². The number of hydrogen-bond donors (Lipinski definition) is 0. The summed E-state index contributed by atoms with van der Waals surface area (Å²) in [6.07, 6.45) is 13.7. The van der Waals surface area contributed by atoms with Crippen LogP contribution >= 0.6 is 0 Å². The highest BCUT2D eigenvalue weighted by Gasteiger charge is 2.43. The fourth-order valence-corrected chi connectivity index (χ4v) is 4.15. The summed E-state index contributed by atoms with van der Waals surface area (Å²) >= 11 is 0. The van der Waals surface area contributed by atoms with Gasteiger partial charge < -0.3 is 4.74 Å². The molecule has 1 nitrogen and oxygen atoms in total. The van der Waals surface area contributed by atoms with Crippen LogP contribution in [0.3, 0.4) is 0 Å². The van der Waals surface area contributed by atoms with Gasteiger partial charge in [0.1, 0.15) is 0 Å². The maximum Gasteiger partial charge on any atom is 0.0844 e. The van der Waals surface area contributed by atoms with Gasteiger partial charge in [0.15, 0.2) is 0 Å². The highest BCUT2D eigenvalue weighted by Crippen LogP contribution is 2.42. The van der Waals surface area contributed by atoms with Crippen LogP contribution in [-0.2, 0) is 4.74 Å². The molecule has 0 spiro atoms. The predicted octanol–water partition coefficient (Wildman–Crippen LogP) is 4.72. The van der Waals surface area contributed by atoms with Crippen LogP contribution < -0.4 is 0 Å². The Morgan fingerprint density at radius 3 is 2.78 bits per heavy atom. The van der Waals surface area contributed by atoms with Gasteiger partial charge in [-0.15, -0.1) is 0 Å². The Kier molecular flexibility index (Phi) is 3.79. The summed E-state index contributed by atoms with van der Waals surface area (Å²) in [7, 11) is 0. The second-order valence-electron chi connectivity index (χ2n) is 7.06. The van der Waals surface area contributed by atoms with Gasteiger partial charge in [-0.1, -0.05) is 31.9 Å². The van der Waals surface area contributed by atoms with Crippen LogP contribution in [0.25, 0.3) is 0 Å². The van der Waals surface area contributed by atoms with Gasteiger partial charge >= 0.3 is 0 Å². The Labute approximate surface area is 112 Å². The maximum absolute atomic E-state index is 5.62. The van der Waals surface area contributed by atoms with Crippen molar-refractivity contribution in [3.05, 3.63) is 12.2 Å². The molecule has 1 heterocycles. The summed E-state index contributed by atoms with van der Waals surface area (Å²) in [5, 5.41) is 0. The summed E-state index contributed by atoms with van der Waals surface area (Å²) in [4.78, 5) is 0. The number of fused-ring (bicyclic) bond motifs is 1. The van der Waals surface area contributed by atoms with Gasteiger partial charge in [-0.2, -0.15) is 0 Å². The zero-order valence-electron chi connectivity index (χ0n) is 11.9. The molecule has 1 aliphatic heterocycles. The standard InChI is InChI=1S/C17H28O/c1-12-4-3-5-15(10-12)13(2)6-7-14-8-9-16-17(11-14)18-16/h12,14-17H,2-11H2,1H3. The molecule has 0 N–H and O–H groups in total. The first-order valence-corrected chi connectivity index (χ1v) is 8.05. The molecule has 0 aromatic rings. The lowest BCUT2D eigenvalue weighted by atomic mass is 9.76. The van der Waals surface area contributed by atoms with Crippen molar-refractivity contribution in [2.45, 2.75) is 76.9 Å². The molecule has 3 aliphatic rings. The van der Waals surface area contributed by atoms with Crippen molar-refractivity contribution >= 4 is 0 Å². The average Bonchev–Trinajstić information content (AvgIpc) is 3.14. The van der Waals surface area contributed by atoms with Gasteiger partial charge in [0.2, 0.25) is 0 Å². The third kappa shape index (κ3) is 2.99. The largest absolute Gasteiger partial charge is 0.370 e. The van der Waals surface area contributed by atoms with E-state index >= 15 is 0 Å². The van der Waals surface area contributed by atoms with Crippen LogP contribution in [0.1, 0.15) is 64.7 Å². The second-order valence-corrected chi connectivity index (χ2v) is 7.06. The molecule has 102 valence electrons. The number of allylic oxidation sites excluding steroid dienone is 1. The van der Waals surface area contributed by atoms with E-state index in [0.29, 0.717) is 12.2 Å². The molecule has 2 saturated carbocycles. The first kappa shape index (κ1) is 12.7. The molecule has 0 aromatic heterocycles. The molecule has 5 unspecified atom stereocenters. The average molecular weight is 248 g/mol. The molecule has 0 bridgehead atoms. The highest BCUT2D eigenvalue weighted by molar-refractivity contribution is 5.03. The van der Waals surface area contributed by atoms with E-state index in [0.717, 1.165) is 17.8 Å². The molecule has 0 radical (unpaired) electrons. The Hall–Kier alpha value is -0.300. The zero-order valence-corrected chi connectivity index (χ0v) is 11.9. The normalized spacial score (nSPS) is 43.3. The van der Waals surface area contributed by atoms with Crippen molar-refractivity contribution in [3.63, 3.8) is 0 Å². The summed E-state index contributed by atoms with van der Waals surface area (Å²) < 4.78 is 5.62. The van der Waals surface area contributed by atoms with Gasteiger partial charge in [0.25, 0.3) is 0 Å². The molecule has 3 rings (SSSR count). The predicted molar refractivity (Wildman–Crippen MR) is 75.5 cm³/mol. The van der Waals surface area contributed by atoms with Gasteiger partial charge in [-0.3, -0.25) is 0 Å². The monoisotopic (exact) mass is 248 g/mol. The third-order valence-corrected chi connectivity index (χ3v) is 5.50. The second kappa shape index (κ2) is 5.36. The SMILES string of the molecule is C=C(CCC1CCC2OC2C1)C1CCCC(C)C1. The minimum atomic E-state index is 0.645. The van der Waals surface area contributed by atoms with Crippen LogP contribution in [0.4, 0.5) is 0 Å². The Morgan fingerprint density at radius 2 is 2.00 bits per heavy atom. The summed E-state index contributed by atoms with van der Waals surface area (Å²) in [5.41, 5.74) is 1.56. The van der Waals surface area contributed by atoms with Crippen molar-refractivity contribution < 1.29 is 4.74 Å². The summed E-state index contributed by atoms with van der Waals surface area (Å²) in [6, 6.07) is 0. The lowest BCUT2D eigenvalue weighted by Crippen LogP contribution is -2.17. The third-order valence-electron chi connectivity index (χ3n) is 5.50. The molecule has 0 amide bonds. The molecule has 2 aliphatic carbocycles. The Balaban J connectivity index is 1.40. The molecule has 5 atom stereocenters. The number of epoxide rings is 1. The van der Waals surface area contributed by atoms with Crippen molar-refractivity contribution in [2.75, 3.05) is 0 Å². The maximum atomic E-state index is 5.62. The fourth-order valence-electron chi connectivity index (χ4n) is 4.15. The smallest absolute Gasteiger partial charge is 0.0844 e. The minimum Gasteiger partial charge on any atom is -0.370 e. The molecule has 3 fully saturated rings. The first-order valence-electron chi connectivity index (χ1n) is 8.05. The van der Waals surface area contributed by atoms with E-state index in [4.69, 9.17) is 4.74 Å². The number of rotatable bonds is 4. The van der Waals surface area contributed by atoms with Gasteiger partial charge in [-0.25, -0.2) is 0 Å². The van der Waals surface area contributed by atoms with Gasteiger partial charge in [0, 0.05) is 0 Å². The molecule has 1 heteroatoms.